The lowest BCUT2D eigenvalue weighted by Gasteiger charge is -2.08. The minimum Gasteiger partial charge on any atom is -0.384 e. The van der Waals surface area contributed by atoms with Crippen molar-refractivity contribution in [2.45, 2.75) is 25.7 Å². The van der Waals surface area contributed by atoms with Crippen LogP contribution in [0, 0.1) is 11.3 Å². The molecule has 0 spiro atoms. The number of rotatable bonds is 8. The SMILES string of the molecule is CSCCCCCCNc1cc(Br)ccc1C#N. The molecule has 1 aromatic carbocycles. The summed E-state index contributed by atoms with van der Waals surface area (Å²) in [5.41, 5.74) is 1.64. The summed E-state index contributed by atoms with van der Waals surface area (Å²) in [6, 6.07) is 7.90. The van der Waals surface area contributed by atoms with Crippen molar-refractivity contribution in [2.75, 3.05) is 23.9 Å². The summed E-state index contributed by atoms with van der Waals surface area (Å²) in [6.45, 7) is 0.935. The fourth-order valence-corrected chi connectivity index (χ4v) is 2.56. The zero-order chi connectivity index (χ0) is 13.2. The molecular formula is C14H19BrN2S. The lowest BCUT2D eigenvalue weighted by molar-refractivity contribution is 0.689. The van der Waals surface area contributed by atoms with Gasteiger partial charge in [0, 0.05) is 11.0 Å². The van der Waals surface area contributed by atoms with Crippen molar-refractivity contribution in [3.8, 4) is 6.07 Å². The van der Waals surface area contributed by atoms with Gasteiger partial charge in [-0.15, -0.1) is 0 Å². The maximum absolute atomic E-state index is 9.00. The topological polar surface area (TPSA) is 35.8 Å². The number of hydrogen-bond acceptors (Lipinski definition) is 3. The number of unbranched alkanes of at least 4 members (excludes halogenated alkanes) is 3. The second-order valence-electron chi connectivity index (χ2n) is 4.14. The van der Waals surface area contributed by atoms with Crippen LogP contribution in [-0.2, 0) is 0 Å². The quantitative estimate of drug-likeness (QED) is 0.706. The third-order valence-electron chi connectivity index (χ3n) is 2.69. The molecule has 0 saturated heterocycles. The lowest BCUT2D eigenvalue weighted by Crippen LogP contribution is -2.03. The molecule has 0 unspecified atom stereocenters. The Morgan fingerprint density at radius 1 is 1.28 bits per heavy atom. The first-order chi connectivity index (χ1) is 8.77. The summed E-state index contributed by atoms with van der Waals surface area (Å²) >= 11 is 5.34. The van der Waals surface area contributed by atoms with Crippen LogP contribution in [0.5, 0.6) is 0 Å². The highest BCUT2D eigenvalue weighted by atomic mass is 79.9. The maximum atomic E-state index is 9.00. The van der Waals surface area contributed by atoms with E-state index in [1.165, 1.54) is 25.0 Å². The van der Waals surface area contributed by atoms with Crippen molar-refractivity contribution in [1.82, 2.24) is 0 Å². The zero-order valence-electron chi connectivity index (χ0n) is 10.7. The monoisotopic (exact) mass is 326 g/mol. The van der Waals surface area contributed by atoms with Gasteiger partial charge in [0.2, 0.25) is 0 Å². The first-order valence-electron chi connectivity index (χ1n) is 6.20. The fraction of sp³-hybridized carbons (Fsp3) is 0.500. The van der Waals surface area contributed by atoms with Crippen LogP contribution in [0.1, 0.15) is 31.2 Å². The zero-order valence-corrected chi connectivity index (χ0v) is 13.1. The van der Waals surface area contributed by atoms with Crippen molar-refractivity contribution in [1.29, 1.82) is 5.26 Å². The summed E-state index contributed by atoms with van der Waals surface area (Å²) in [5, 5.41) is 12.3. The second-order valence-corrected chi connectivity index (χ2v) is 6.04. The molecule has 0 aliphatic carbocycles. The van der Waals surface area contributed by atoms with Crippen molar-refractivity contribution in [2.24, 2.45) is 0 Å². The van der Waals surface area contributed by atoms with Crippen molar-refractivity contribution in [3.63, 3.8) is 0 Å². The number of thioether (sulfide) groups is 1. The molecule has 0 amide bonds. The molecule has 1 rings (SSSR count). The van der Waals surface area contributed by atoms with Crippen LogP contribution < -0.4 is 5.32 Å². The Morgan fingerprint density at radius 2 is 2.06 bits per heavy atom. The van der Waals surface area contributed by atoms with E-state index >= 15 is 0 Å². The Balaban J connectivity index is 2.27. The van der Waals surface area contributed by atoms with E-state index in [1.54, 1.807) is 0 Å². The van der Waals surface area contributed by atoms with Crippen LogP contribution in [0.3, 0.4) is 0 Å². The predicted molar refractivity (Wildman–Crippen MR) is 84.2 cm³/mol. The smallest absolute Gasteiger partial charge is 0.101 e. The van der Waals surface area contributed by atoms with Gasteiger partial charge in [0.05, 0.1) is 11.3 Å². The van der Waals surface area contributed by atoms with Gasteiger partial charge < -0.3 is 5.32 Å². The van der Waals surface area contributed by atoms with E-state index in [4.69, 9.17) is 5.26 Å². The van der Waals surface area contributed by atoms with Gasteiger partial charge in [-0.2, -0.15) is 17.0 Å². The summed E-state index contributed by atoms with van der Waals surface area (Å²) < 4.78 is 1.00. The van der Waals surface area contributed by atoms with Crippen LogP contribution in [0.25, 0.3) is 0 Å². The Labute approximate surface area is 122 Å². The minimum atomic E-state index is 0.709. The molecule has 0 atom stereocenters. The van der Waals surface area contributed by atoms with Crippen LogP contribution in [-0.4, -0.2) is 18.6 Å². The van der Waals surface area contributed by atoms with Gasteiger partial charge in [-0.1, -0.05) is 28.8 Å². The lowest BCUT2D eigenvalue weighted by atomic mass is 10.1. The van der Waals surface area contributed by atoms with E-state index in [0.717, 1.165) is 23.1 Å². The normalized spacial score (nSPS) is 10.1. The second kappa shape index (κ2) is 9.29. The number of nitriles is 1. The van der Waals surface area contributed by atoms with Crippen molar-refractivity contribution in [3.05, 3.63) is 28.2 Å². The summed E-state index contributed by atoms with van der Waals surface area (Å²) in [5.74, 6) is 1.26. The first-order valence-corrected chi connectivity index (χ1v) is 8.39. The van der Waals surface area contributed by atoms with E-state index in [2.05, 4.69) is 33.6 Å². The molecule has 0 aliphatic heterocycles. The maximum Gasteiger partial charge on any atom is 0.101 e. The molecule has 1 aromatic rings. The molecule has 0 aliphatic rings. The Bertz CT molecular complexity index is 401. The molecule has 0 heterocycles. The number of nitrogens with one attached hydrogen (secondary N) is 1. The molecule has 0 saturated carbocycles. The minimum absolute atomic E-state index is 0.709. The van der Waals surface area contributed by atoms with E-state index in [0.29, 0.717) is 5.56 Å². The summed E-state index contributed by atoms with van der Waals surface area (Å²) in [7, 11) is 0. The van der Waals surface area contributed by atoms with Crippen LogP contribution >= 0.6 is 27.7 Å². The van der Waals surface area contributed by atoms with Gasteiger partial charge in [-0.25, -0.2) is 0 Å². The largest absolute Gasteiger partial charge is 0.384 e. The van der Waals surface area contributed by atoms with Gasteiger partial charge in [0.1, 0.15) is 6.07 Å². The van der Waals surface area contributed by atoms with E-state index in [-0.39, 0.29) is 0 Å². The summed E-state index contributed by atoms with van der Waals surface area (Å²) in [4.78, 5) is 0. The fourth-order valence-electron chi connectivity index (χ4n) is 1.71. The molecule has 4 heteroatoms. The van der Waals surface area contributed by atoms with Crippen LogP contribution in [0.15, 0.2) is 22.7 Å². The van der Waals surface area contributed by atoms with Crippen LogP contribution in [0.4, 0.5) is 5.69 Å². The molecule has 0 aromatic heterocycles. The number of benzene rings is 1. The highest BCUT2D eigenvalue weighted by Gasteiger charge is 2.01. The van der Waals surface area contributed by atoms with Gasteiger partial charge in [-0.3, -0.25) is 0 Å². The molecule has 0 fully saturated rings. The molecule has 2 nitrogen and oxygen atoms in total. The Hall–Kier alpha value is -0.660. The first kappa shape index (κ1) is 15.4. The Morgan fingerprint density at radius 3 is 2.78 bits per heavy atom. The van der Waals surface area contributed by atoms with Crippen LogP contribution in [0.2, 0.25) is 0 Å². The van der Waals surface area contributed by atoms with E-state index in [1.807, 2.05) is 30.0 Å². The van der Waals surface area contributed by atoms with Crippen molar-refractivity contribution < 1.29 is 0 Å². The molecule has 18 heavy (non-hydrogen) atoms. The highest BCUT2D eigenvalue weighted by Crippen LogP contribution is 2.20. The molecule has 0 radical (unpaired) electrons. The number of hydrogen-bond donors (Lipinski definition) is 1. The average Bonchev–Trinajstić information content (AvgIpc) is 2.38. The summed E-state index contributed by atoms with van der Waals surface area (Å²) in [6.07, 6.45) is 7.17. The third kappa shape index (κ3) is 5.79. The number of nitrogens with zero attached hydrogens (tertiary/aromatic N) is 1. The van der Waals surface area contributed by atoms with Gasteiger partial charge in [-0.05, 0) is 43.0 Å². The average molecular weight is 327 g/mol. The molecule has 98 valence electrons. The van der Waals surface area contributed by atoms with Gasteiger partial charge >= 0.3 is 0 Å². The highest BCUT2D eigenvalue weighted by molar-refractivity contribution is 9.10. The molecular weight excluding hydrogens is 308 g/mol. The molecule has 0 bridgehead atoms. The predicted octanol–water partition coefficient (Wildman–Crippen LogP) is 4.66. The van der Waals surface area contributed by atoms with Gasteiger partial charge in [0.15, 0.2) is 0 Å². The van der Waals surface area contributed by atoms with Gasteiger partial charge in [0.25, 0.3) is 0 Å². The van der Waals surface area contributed by atoms with E-state index < -0.39 is 0 Å². The number of anilines is 1. The van der Waals surface area contributed by atoms with E-state index in [9.17, 15) is 0 Å². The molecule has 1 N–H and O–H groups in total. The van der Waals surface area contributed by atoms with Crippen molar-refractivity contribution >= 4 is 33.4 Å². The Kier molecular flexibility index (Phi) is 7.95. The third-order valence-corrected chi connectivity index (χ3v) is 3.88. The standard InChI is InChI=1S/C14H19BrN2S/c1-18-9-5-3-2-4-8-17-14-10-13(15)7-6-12(14)11-16/h6-7,10,17H,2-5,8-9H2,1H3. The number of halogens is 1.